The van der Waals surface area contributed by atoms with Gasteiger partial charge in [-0.05, 0) is 13.3 Å². The molecule has 0 saturated heterocycles. The quantitative estimate of drug-likeness (QED) is 0.835. The normalized spacial score (nSPS) is 12.6. The number of carbonyl (C=O) groups is 1. The van der Waals surface area contributed by atoms with Crippen LogP contribution in [0.5, 0.6) is 0 Å². The van der Waals surface area contributed by atoms with Crippen molar-refractivity contribution >= 4 is 28.7 Å². The number of hydrogen-bond donors (Lipinski definition) is 2. The fourth-order valence-corrected chi connectivity index (χ4v) is 2.50. The molecule has 1 aromatic carbocycles. The Morgan fingerprint density at radius 3 is 2.85 bits per heavy atom. The lowest BCUT2D eigenvalue weighted by molar-refractivity contribution is -0.120. The standard InChI is InChI=1S/C13H15F2N3OS/c1-3-4-16-12(19)7(2)20-13-17-10-5-8(14)9(15)6-11(10)18-13/h5-7H,3-4H2,1-2H3,(H,16,19)(H,17,18)/t7-/m1/s1. The van der Waals surface area contributed by atoms with Crippen LogP contribution in [-0.4, -0.2) is 27.7 Å². The Kier molecular flexibility index (Phi) is 4.59. The van der Waals surface area contributed by atoms with Gasteiger partial charge in [0.05, 0.1) is 16.3 Å². The van der Waals surface area contributed by atoms with E-state index in [0.29, 0.717) is 22.7 Å². The minimum Gasteiger partial charge on any atom is -0.355 e. The molecule has 0 bridgehead atoms. The Labute approximate surface area is 119 Å². The van der Waals surface area contributed by atoms with Crippen LogP contribution < -0.4 is 5.32 Å². The van der Waals surface area contributed by atoms with Gasteiger partial charge in [-0.25, -0.2) is 13.8 Å². The average Bonchev–Trinajstić information content (AvgIpc) is 2.77. The van der Waals surface area contributed by atoms with Crippen LogP contribution in [0.15, 0.2) is 17.3 Å². The zero-order chi connectivity index (χ0) is 14.7. The second kappa shape index (κ2) is 6.21. The molecule has 1 heterocycles. The summed E-state index contributed by atoms with van der Waals surface area (Å²) in [6, 6.07) is 2.09. The highest BCUT2D eigenvalue weighted by atomic mass is 32.2. The van der Waals surface area contributed by atoms with Crippen molar-refractivity contribution in [1.29, 1.82) is 0 Å². The van der Waals surface area contributed by atoms with E-state index in [2.05, 4.69) is 15.3 Å². The van der Waals surface area contributed by atoms with E-state index in [1.165, 1.54) is 11.8 Å². The van der Waals surface area contributed by atoms with E-state index in [4.69, 9.17) is 0 Å². The van der Waals surface area contributed by atoms with Crippen molar-refractivity contribution in [3.8, 4) is 0 Å². The molecule has 7 heteroatoms. The number of H-pyrrole nitrogens is 1. The lowest BCUT2D eigenvalue weighted by Crippen LogP contribution is -2.31. The lowest BCUT2D eigenvalue weighted by atomic mass is 10.3. The first-order valence-electron chi connectivity index (χ1n) is 6.30. The van der Waals surface area contributed by atoms with E-state index in [0.717, 1.165) is 18.6 Å². The second-order valence-electron chi connectivity index (χ2n) is 4.38. The highest BCUT2D eigenvalue weighted by molar-refractivity contribution is 8.00. The summed E-state index contributed by atoms with van der Waals surface area (Å²) in [4.78, 5) is 18.7. The summed E-state index contributed by atoms with van der Waals surface area (Å²) >= 11 is 1.22. The lowest BCUT2D eigenvalue weighted by Gasteiger charge is -2.09. The molecule has 1 amide bonds. The van der Waals surface area contributed by atoms with Gasteiger partial charge in [0.1, 0.15) is 0 Å². The predicted molar refractivity (Wildman–Crippen MR) is 74.6 cm³/mol. The molecule has 108 valence electrons. The van der Waals surface area contributed by atoms with E-state index in [1.54, 1.807) is 6.92 Å². The molecule has 0 radical (unpaired) electrons. The van der Waals surface area contributed by atoms with Crippen LogP contribution in [0.2, 0.25) is 0 Å². The van der Waals surface area contributed by atoms with E-state index in [-0.39, 0.29) is 11.2 Å². The number of rotatable bonds is 5. The first-order chi connectivity index (χ1) is 9.51. The van der Waals surface area contributed by atoms with Crippen molar-refractivity contribution in [2.24, 2.45) is 0 Å². The van der Waals surface area contributed by atoms with Crippen molar-refractivity contribution in [2.75, 3.05) is 6.54 Å². The van der Waals surface area contributed by atoms with Crippen molar-refractivity contribution in [3.63, 3.8) is 0 Å². The van der Waals surface area contributed by atoms with Gasteiger partial charge in [-0.1, -0.05) is 18.7 Å². The maximum atomic E-state index is 13.1. The third kappa shape index (κ3) is 3.27. The molecule has 2 aromatic rings. The van der Waals surface area contributed by atoms with E-state index in [9.17, 15) is 13.6 Å². The second-order valence-corrected chi connectivity index (χ2v) is 5.71. The number of amides is 1. The van der Waals surface area contributed by atoms with Crippen LogP contribution >= 0.6 is 11.8 Å². The number of nitrogens with one attached hydrogen (secondary N) is 2. The first-order valence-corrected chi connectivity index (χ1v) is 7.18. The summed E-state index contributed by atoms with van der Waals surface area (Å²) in [5.74, 6) is -1.95. The molecule has 0 unspecified atom stereocenters. The number of imidazole rings is 1. The summed E-state index contributed by atoms with van der Waals surface area (Å²) in [5, 5.41) is 2.91. The van der Waals surface area contributed by atoms with Gasteiger partial charge < -0.3 is 10.3 Å². The summed E-state index contributed by atoms with van der Waals surface area (Å²) in [6.45, 7) is 4.35. The van der Waals surface area contributed by atoms with E-state index in [1.807, 2.05) is 6.92 Å². The van der Waals surface area contributed by atoms with Gasteiger partial charge in [-0.2, -0.15) is 0 Å². The van der Waals surface area contributed by atoms with Gasteiger partial charge in [0, 0.05) is 18.7 Å². The molecule has 1 atom stereocenters. The monoisotopic (exact) mass is 299 g/mol. The molecule has 2 N–H and O–H groups in total. The summed E-state index contributed by atoms with van der Waals surface area (Å²) in [6.07, 6.45) is 0.867. The Hall–Kier alpha value is -1.63. The molecular formula is C13H15F2N3OS. The highest BCUT2D eigenvalue weighted by Gasteiger charge is 2.16. The first kappa shape index (κ1) is 14.8. The zero-order valence-corrected chi connectivity index (χ0v) is 12.0. The number of carbonyl (C=O) groups excluding carboxylic acids is 1. The molecular weight excluding hydrogens is 284 g/mol. The minimum atomic E-state index is -0.936. The molecule has 0 fully saturated rings. The molecule has 0 spiro atoms. The molecule has 0 aliphatic heterocycles. The van der Waals surface area contributed by atoms with Gasteiger partial charge >= 0.3 is 0 Å². The Morgan fingerprint density at radius 2 is 2.15 bits per heavy atom. The number of aromatic amines is 1. The highest BCUT2D eigenvalue weighted by Crippen LogP contribution is 2.24. The number of aromatic nitrogens is 2. The summed E-state index contributed by atoms with van der Waals surface area (Å²) in [5.41, 5.74) is 0.750. The van der Waals surface area contributed by atoms with Crippen molar-refractivity contribution in [3.05, 3.63) is 23.8 Å². The molecule has 0 saturated carbocycles. The topological polar surface area (TPSA) is 57.8 Å². The number of fused-ring (bicyclic) bond motifs is 1. The number of thioether (sulfide) groups is 1. The maximum Gasteiger partial charge on any atom is 0.233 e. The third-order valence-electron chi connectivity index (χ3n) is 2.71. The van der Waals surface area contributed by atoms with Gasteiger partial charge in [0.25, 0.3) is 0 Å². The van der Waals surface area contributed by atoms with Gasteiger partial charge in [0.15, 0.2) is 16.8 Å². The fourth-order valence-electron chi connectivity index (χ4n) is 1.65. The summed E-state index contributed by atoms with van der Waals surface area (Å²) in [7, 11) is 0. The molecule has 0 aliphatic carbocycles. The number of nitrogens with zero attached hydrogens (tertiary/aromatic N) is 1. The average molecular weight is 299 g/mol. The Bertz CT molecular complexity index is 590. The SMILES string of the molecule is CCCNC(=O)[C@@H](C)Sc1nc2cc(F)c(F)cc2[nH]1. The molecule has 20 heavy (non-hydrogen) atoms. The fraction of sp³-hybridized carbons (Fsp3) is 0.385. The minimum absolute atomic E-state index is 0.0883. The van der Waals surface area contributed by atoms with Crippen LogP contribution in [0.3, 0.4) is 0 Å². The number of hydrogen-bond acceptors (Lipinski definition) is 3. The molecule has 0 aliphatic rings. The Balaban J connectivity index is 2.12. The van der Waals surface area contributed by atoms with Crippen LogP contribution in [0.25, 0.3) is 11.0 Å². The van der Waals surface area contributed by atoms with Gasteiger partial charge in [-0.3, -0.25) is 4.79 Å². The largest absolute Gasteiger partial charge is 0.355 e. The third-order valence-corrected chi connectivity index (χ3v) is 3.69. The smallest absolute Gasteiger partial charge is 0.233 e. The van der Waals surface area contributed by atoms with Crippen LogP contribution in [0, 0.1) is 11.6 Å². The molecule has 1 aromatic heterocycles. The Morgan fingerprint density at radius 1 is 1.45 bits per heavy atom. The van der Waals surface area contributed by atoms with Gasteiger partial charge in [0.2, 0.25) is 5.91 Å². The molecule has 2 rings (SSSR count). The van der Waals surface area contributed by atoms with E-state index >= 15 is 0 Å². The van der Waals surface area contributed by atoms with Crippen LogP contribution in [-0.2, 0) is 4.79 Å². The maximum absolute atomic E-state index is 13.1. The van der Waals surface area contributed by atoms with Crippen molar-refractivity contribution < 1.29 is 13.6 Å². The van der Waals surface area contributed by atoms with Crippen molar-refractivity contribution in [2.45, 2.75) is 30.7 Å². The molecule has 4 nitrogen and oxygen atoms in total. The van der Waals surface area contributed by atoms with E-state index < -0.39 is 11.6 Å². The number of benzene rings is 1. The predicted octanol–water partition coefficient (Wildman–Crippen LogP) is 2.85. The van der Waals surface area contributed by atoms with Crippen molar-refractivity contribution in [1.82, 2.24) is 15.3 Å². The van der Waals surface area contributed by atoms with Gasteiger partial charge in [-0.15, -0.1) is 0 Å². The van der Waals surface area contributed by atoms with Crippen LogP contribution in [0.1, 0.15) is 20.3 Å². The number of halogens is 2. The van der Waals surface area contributed by atoms with Crippen LogP contribution in [0.4, 0.5) is 8.78 Å². The zero-order valence-electron chi connectivity index (χ0n) is 11.2. The summed E-state index contributed by atoms with van der Waals surface area (Å²) < 4.78 is 26.2.